The predicted octanol–water partition coefficient (Wildman–Crippen LogP) is 4.83. The summed E-state index contributed by atoms with van der Waals surface area (Å²) in [6, 6.07) is 24.5. The molecule has 0 aliphatic rings. The number of hydrogen-bond donors (Lipinski definition) is 1. The van der Waals surface area contributed by atoms with Crippen LogP contribution in [0.3, 0.4) is 0 Å². The Morgan fingerprint density at radius 1 is 0.900 bits per heavy atom. The average molecular weight is 398 g/mol. The molecule has 1 aromatic heterocycles. The van der Waals surface area contributed by atoms with E-state index in [1.807, 2.05) is 18.2 Å². The van der Waals surface area contributed by atoms with Crippen molar-refractivity contribution in [2.75, 3.05) is 12.4 Å². The molecule has 0 radical (unpaired) electrons. The highest BCUT2D eigenvalue weighted by Crippen LogP contribution is 2.24. The Balaban J connectivity index is 1.55. The molecule has 148 valence electrons. The van der Waals surface area contributed by atoms with Gasteiger partial charge in [-0.05, 0) is 36.4 Å². The first-order chi connectivity index (χ1) is 14.7. The van der Waals surface area contributed by atoms with E-state index in [-0.39, 0.29) is 11.5 Å². The van der Waals surface area contributed by atoms with Gasteiger partial charge in [-0.25, -0.2) is 0 Å². The highest BCUT2D eigenvalue weighted by molar-refractivity contribution is 6.15. The maximum atomic E-state index is 12.8. The number of ether oxygens (including phenoxy) is 1. The van der Waals surface area contributed by atoms with E-state index in [9.17, 15) is 9.59 Å². The molecule has 3 aromatic carbocycles. The molecule has 1 heterocycles. The number of ketones is 1. The summed E-state index contributed by atoms with van der Waals surface area (Å²) in [5.41, 5.74) is 2.23. The van der Waals surface area contributed by atoms with Gasteiger partial charge in [0.25, 0.3) is 5.91 Å². The standard InChI is InChI=1S/C24H18N2O4/c1-29-18-13-11-16(12-14-18)22-15-21(26-30-22)24(28)25-20-10-6-5-9-19(20)23(27)17-7-3-2-4-8-17/h2-15H,1H3,(H,25,28). The molecule has 1 amide bonds. The predicted molar refractivity (Wildman–Crippen MR) is 113 cm³/mol. The first-order valence-electron chi connectivity index (χ1n) is 9.27. The first-order valence-corrected chi connectivity index (χ1v) is 9.27. The third-order valence-corrected chi connectivity index (χ3v) is 4.57. The van der Waals surface area contributed by atoms with Crippen molar-refractivity contribution in [3.8, 4) is 17.1 Å². The van der Waals surface area contributed by atoms with Gasteiger partial charge in [0, 0.05) is 22.8 Å². The van der Waals surface area contributed by atoms with Crippen LogP contribution in [-0.2, 0) is 0 Å². The van der Waals surface area contributed by atoms with Crippen LogP contribution in [0.4, 0.5) is 5.69 Å². The van der Waals surface area contributed by atoms with Crippen LogP contribution in [0, 0.1) is 0 Å². The molecule has 4 aromatic rings. The fraction of sp³-hybridized carbons (Fsp3) is 0.0417. The lowest BCUT2D eigenvalue weighted by Gasteiger charge is -2.09. The molecular weight excluding hydrogens is 380 g/mol. The molecule has 0 aliphatic heterocycles. The highest BCUT2D eigenvalue weighted by Gasteiger charge is 2.18. The van der Waals surface area contributed by atoms with Gasteiger partial charge >= 0.3 is 0 Å². The number of aromatic nitrogens is 1. The minimum atomic E-state index is -0.466. The number of hydrogen-bond acceptors (Lipinski definition) is 5. The van der Waals surface area contributed by atoms with E-state index in [4.69, 9.17) is 9.26 Å². The van der Waals surface area contributed by atoms with Crippen molar-refractivity contribution in [3.05, 3.63) is 102 Å². The Morgan fingerprint density at radius 3 is 2.33 bits per heavy atom. The second-order valence-electron chi connectivity index (χ2n) is 6.50. The number of methoxy groups -OCH3 is 1. The molecule has 0 saturated carbocycles. The summed E-state index contributed by atoms with van der Waals surface area (Å²) in [4.78, 5) is 25.5. The van der Waals surface area contributed by atoms with E-state index in [2.05, 4.69) is 10.5 Å². The second-order valence-corrected chi connectivity index (χ2v) is 6.50. The van der Waals surface area contributed by atoms with Gasteiger partial charge in [0.15, 0.2) is 17.2 Å². The van der Waals surface area contributed by atoms with E-state index >= 15 is 0 Å². The number of amides is 1. The van der Waals surface area contributed by atoms with E-state index < -0.39 is 5.91 Å². The molecule has 6 heteroatoms. The maximum absolute atomic E-state index is 12.8. The van der Waals surface area contributed by atoms with Crippen molar-refractivity contribution >= 4 is 17.4 Å². The third-order valence-electron chi connectivity index (χ3n) is 4.57. The quantitative estimate of drug-likeness (QED) is 0.470. The summed E-state index contributed by atoms with van der Waals surface area (Å²) in [6.45, 7) is 0. The number of para-hydroxylation sites is 1. The van der Waals surface area contributed by atoms with Crippen LogP contribution < -0.4 is 10.1 Å². The van der Waals surface area contributed by atoms with Crippen LogP contribution >= 0.6 is 0 Å². The van der Waals surface area contributed by atoms with Crippen molar-refractivity contribution in [1.82, 2.24) is 5.16 Å². The molecule has 6 nitrogen and oxygen atoms in total. The van der Waals surface area contributed by atoms with Gasteiger partial charge in [-0.1, -0.05) is 47.6 Å². The van der Waals surface area contributed by atoms with Crippen molar-refractivity contribution in [1.29, 1.82) is 0 Å². The Labute approximate surface area is 173 Å². The summed E-state index contributed by atoms with van der Waals surface area (Å²) < 4.78 is 10.5. The molecule has 0 aliphatic carbocycles. The molecule has 0 spiro atoms. The Morgan fingerprint density at radius 2 is 1.60 bits per heavy atom. The number of anilines is 1. The van der Waals surface area contributed by atoms with Crippen molar-refractivity contribution in [2.24, 2.45) is 0 Å². The zero-order valence-corrected chi connectivity index (χ0v) is 16.2. The number of nitrogens with one attached hydrogen (secondary N) is 1. The van der Waals surface area contributed by atoms with E-state index in [1.165, 1.54) is 0 Å². The molecule has 0 saturated heterocycles. The van der Waals surface area contributed by atoms with Gasteiger partial charge in [0.05, 0.1) is 12.8 Å². The van der Waals surface area contributed by atoms with Crippen LogP contribution in [0.15, 0.2) is 89.5 Å². The largest absolute Gasteiger partial charge is 0.497 e. The summed E-state index contributed by atoms with van der Waals surface area (Å²) >= 11 is 0. The topological polar surface area (TPSA) is 81.4 Å². The molecule has 30 heavy (non-hydrogen) atoms. The zero-order valence-electron chi connectivity index (χ0n) is 16.2. The Bertz CT molecular complexity index is 1180. The van der Waals surface area contributed by atoms with Gasteiger partial charge in [0.1, 0.15) is 5.75 Å². The van der Waals surface area contributed by atoms with Gasteiger partial charge in [-0.3, -0.25) is 9.59 Å². The smallest absolute Gasteiger partial charge is 0.277 e. The summed E-state index contributed by atoms with van der Waals surface area (Å²) in [6.07, 6.45) is 0. The van der Waals surface area contributed by atoms with Crippen LogP contribution in [0.25, 0.3) is 11.3 Å². The van der Waals surface area contributed by atoms with Gasteiger partial charge in [-0.2, -0.15) is 0 Å². The summed E-state index contributed by atoms with van der Waals surface area (Å²) in [7, 11) is 1.59. The molecule has 0 fully saturated rings. The molecule has 0 atom stereocenters. The van der Waals surface area contributed by atoms with Crippen molar-refractivity contribution in [3.63, 3.8) is 0 Å². The van der Waals surface area contributed by atoms with E-state index in [1.54, 1.807) is 73.8 Å². The fourth-order valence-corrected chi connectivity index (χ4v) is 3.00. The number of carbonyl (C=O) groups is 2. The second kappa shape index (κ2) is 8.45. The minimum Gasteiger partial charge on any atom is -0.497 e. The monoisotopic (exact) mass is 398 g/mol. The molecule has 0 unspecified atom stereocenters. The maximum Gasteiger partial charge on any atom is 0.277 e. The molecule has 0 bridgehead atoms. The number of benzene rings is 3. The summed E-state index contributed by atoms with van der Waals surface area (Å²) in [5.74, 6) is 0.532. The van der Waals surface area contributed by atoms with Crippen LogP contribution in [-0.4, -0.2) is 24.0 Å². The molecular formula is C24H18N2O4. The van der Waals surface area contributed by atoms with Crippen LogP contribution in [0.1, 0.15) is 26.4 Å². The van der Waals surface area contributed by atoms with Crippen molar-refractivity contribution < 1.29 is 18.8 Å². The van der Waals surface area contributed by atoms with Crippen molar-refractivity contribution in [2.45, 2.75) is 0 Å². The zero-order chi connectivity index (χ0) is 20.9. The lowest BCUT2D eigenvalue weighted by Crippen LogP contribution is -2.15. The first kappa shape index (κ1) is 19.1. The number of rotatable bonds is 6. The van der Waals surface area contributed by atoms with Gasteiger partial charge in [-0.15, -0.1) is 0 Å². The highest BCUT2D eigenvalue weighted by atomic mass is 16.5. The van der Waals surface area contributed by atoms with E-state index in [0.29, 0.717) is 22.6 Å². The normalized spacial score (nSPS) is 10.4. The summed E-state index contributed by atoms with van der Waals surface area (Å²) in [5, 5.41) is 6.62. The fourth-order valence-electron chi connectivity index (χ4n) is 3.00. The molecule has 1 N–H and O–H groups in total. The lowest BCUT2D eigenvalue weighted by atomic mass is 10.0. The average Bonchev–Trinajstić information content (AvgIpc) is 3.30. The lowest BCUT2D eigenvalue weighted by molar-refractivity contribution is 0.101. The number of carbonyl (C=O) groups excluding carboxylic acids is 2. The van der Waals surface area contributed by atoms with E-state index in [0.717, 1.165) is 11.3 Å². The Hall–Kier alpha value is -4.19. The van der Waals surface area contributed by atoms with Gasteiger partial charge in [0.2, 0.25) is 0 Å². The molecule has 4 rings (SSSR count). The van der Waals surface area contributed by atoms with Gasteiger partial charge < -0.3 is 14.6 Å². The SMILES string of the molecule is COc1ccc(-c2cc(C(=O)Nc3ccccc3C(=O)c3ccccc3)no2)cc1. The number of nitrogens with zero attached hydrogens (tertiary/aromatic N) is 1. The minimum absolute atomic E-state index is 0.114. The third kappa shape index (κ3) is 3.98. The van der Waals surface area contributed by atoms with Crippen LogP contribution in [0.2, 0.25) is 0 Å². The Kier molecular flexibility index (Phi) is 5.39. The van der Waals surface area contributed by atoms with Crippen LogP contribution in [0.5, 0.6) is 5.75 Å².